The maximum absolute atomic E-state index is 10.6. The Bertz CT molecular complexity index is 506. The molecule has 0 spiro atoms. The zero-order valence-electron chi connectivity index (χ0n) is 8.07. The van der Waals surface area contributed by atoms with Crippen molar-refractivity contribution in [2.75, 3.05) is 5.32 Å². The molecule has 0 unspecified atom stereocenters. The van der Waals surface area contributed by atoms with Crippen LogP contribution in [0.3, 0.4) is 0 Å². The largest absolute Gasteiger partial charge is 0.475 e. The van der Waals surface area contributed by atoms with Crippen molar-refractivity contribution >= 4 is 34.8 Å². The molecule has 2 aromatic rings. The van der Waals surface area contributed by atoms with Crippen LogP contribution in [0.5, 0.6) is 0 Å². The number of aromatic carboxylic acids is 1. The van der Waals surface area contributed by atoms with Gasteiger partial charge in [-0.05, 0) is 18.2 Å². The van der Waals surface area contributed by atoms with E-state index >= 15 is 0 Å². The Morgan fingerprint density at radius 3 is 2.81 bits per heavy atom. The van der Waals surface area contributed by atoms with Crippen LogP contribution in [0, 0.1) is 0 Å². The molecular weight excluding hydrogens is 250 g/mol. The van der Waals surface area contributed by atoms with Crippen LogP contribution in [0.2, 0.25) is 4.34 Å². The van der Waals surface area contributed by atoms with Crippen LogP contribution in [0.1, 0.15) is 15.4 Å². The van der Waals surface area contributed by atoms with Crippen molar-refractivity contribution in [2.24, 2.45) is 0 Å². The average molecular weight is 258 g/mol. The minimum absolute atomic E-state index is 0.0771. The van der Waals surface area contributed by atoms with Crippen molar-refractivity contribution in [3.05, 3.63) is 39.2 Å². The number of nitrogens with one attached hydrogen (secondary N) is 1. The molecule has 0 saturated heterocycles. The lowest BCUT2D eigenvalue weighted by molar-refractivity contribution is 0.0663. The molecule has 0 aliphatic heterocycles. The molecule has 0 radical (unpaired) electrons. The predicted octanol–water partition coefficient (Wildman–Crippen LogP) is 3.30. The summed E-state index contributed by atoms with van der Waals surface area (Å²) in [5.74, 6) is -0.721. The Kier molecular flexibility index (Phi) is 3.17. The predicted molar refractivity (Wildman–Crippen MR) is 62.3 cm³/mol. The summed E-state index contributed by atoms with van der Waals surface area (Å²) < 4.78 is 5.76. The highest BCUT2D eigenvalue weighted by Gasteiger charge is 2.08. The molecule has 0 aliphatic carbocycles. The average Bonchev–Trinajstić information content (AvgIpc) is 2.83. The summed E-state index contributed by atoms with van der Waals surface area (Å²) in [6, 6.07) is 6.71. The second-order valence-corrected chi connectivity index (χ2v) is 4.83. The molecule has 2 N–H and O–H groups in total. The highest BCUT2D eigenvalue weighted by atomic mass is 35.5. The second-order valence-electron chi connectivity index (χ2n) is 3.03. The van der Waals surface area contributed by atoms with Gasteiger partial charge in [0, 0.05) is 10.9 Å². The molecule has 0 aromatic carbocycles. The van der Waals surface area contributed by atoms with Gasteiger partial charge in [-0.25, -0.2) is 4.79 Å². The quantitative estimate of drug-likeness (QED) is 0.882. The zero-order chi connectivity index (χ0) is 11.5. The summed E-state index contributed by atoms with van der Waals surface area (Å²) in [7, 11) is 0. The van der Waals surface area contributed by atoms with E-state index in [9.17, 15) is 4.79 Å². The molecule has 0 amide bonds. The van der Waals surface area contributed by atoms with Crippen LogP contribution in [0.25, 0.3) is 0 Å². The van der Waals surface area contributed by atoms with Gasteiger partial charge in [0.05, 0.1) is 10.9 Å². The zero-order valence-corrected chi connectivity index (χ0v) is 9.64. The van der Waals surface area contributed by atoms with Crippen molar-refractivity contribution in [3.8, 4) is 0 Å². The molecular formula is C10H8ClNO3S. The minimum Gasteiger partial charge on any atom is -0.475 e. The number of rotatable bonds is 4. The maximum atomic E-state index is 10.6. The lowest BCUT2D eigenvalue weighted by Crippen LogP contribution is -1.96. The lowest BCUT2D eigenvalue weighted by atomic mass is 10.4. The first-order valence-corrected chi connectivity index (χ1v) is 5.66. The third-order valence-electron chi connectivity index (χ3n) is 1.88. The number of anilines is 1. The van der Waals surface area contributed by atoms with Crippen molar-refractivity contribution in [1.29, 1.82) is 0 Å². The topological polar surface area (TPSA) is 62.5 Å². The van der Waals surface area contributed by atoms with Gasteiger partial charge in [-0.3, -0.25) is 0 Å². The van der Waals surface area contributed by atoms with Gasteiger partial charge in [0.25, 0.3) is 0 Å². The monoisotopic (exact) mass is 257 g/mol. The molecule has 6 heteroatoms. The molecule has 4 nitrogen and oxygen atoms in total. The summed E-state index contributed by atoms with van der Waals surface area (Å²) in [5, 5.41) is 11.6. The van der Waals surface area contributed by atoms with Gasteiger partial charge < -0.3 is 14.8 Å². The summed E-state index contributed by atoms with van der Waals surface area (Å²) in [5.41, 5.74) is 0. The van der Waals surface area contributed by atoms with Crippen LogP contribution in [-0.4, -0.2) is 11.1 Å². The van der Waals surface area contributed by atoms with Crippen LogP contribution in [0.15, 0.2) is 28.7 Å². The number of hydrogen-bond acceptors (Lipinski definition) is 4. The fourth-order valence-corrected chi connectivity index (χ4v) is 2.20. The normalized spacial score (nSPS) is 10.3. The molecule has 0 fully saturated rings. The van der Waals surface area contributed by atoms with E-state index in [2.05, 4.69) is 5.32 Å². The van der Waals surface area contributed by atoms with Gasteiger partial charge in [0.2, 0.25) is 5.76 Å². The third kappa shape index (κ3) is 2.56. The first-order chi connectivity index (χ1) is 7.65. The van der Waals surface area contributed by atoms with Gasteiger partial charge in [0.1, 0.15) is 0 Å². The fourth-order valence-electron chi connectivity index (χ4n) is 1.17. The number of carboxylic acid groups (broad SMARTS) is 1. The van der Waals surface area contributed by atoms with Gasteiger partial charge in [-0.1, -0.05) is 11.6 Å². The Morgan fingerprint density at radius 1 is 1.44 bits per heavy atom. The highest BCUT2D eigenvalue weighted by molar-refractivity contribution is 7.16. The van der Waals surface area contributed by atoms with E-state index in [0.717, 1.165) is 9.21 Å². The van der Waals surface area contributed by atoms with E-state index in [-0.39, 0.29) is 5.76 Å². The Labute approximate surface area is 100 Å². The summed E-state index contributed by atoms with van der Waals surface area (Å²) in [4.78, 5) is 11.6. The van der Waals surface area contributed by atoms with Gasteiger partial charge >= 0.3 is 5.97 Å². The number of furan rings is 1. The van der Waals surface area contributed by atoms with Gasteiger partial charge in [-0.2, -0.15) is 0 Å². The number of thiophene rings is 1. The molecule has 2 rings (SSSR count). The number of halogens is 1. The standard InChI is InChI=1S/C10H8ClNO3S/c11-8-3-1-6(16-8)5-12-9-4-2-7(15-9)10(13)14/h1-4,12H,5H2,(H,13,14). The van der Waals surface area contributed by atoms with Crippen LogP contribution < -0.4 is 5.32 Å². The lowest BCUT2D eigenvalue weighted by Gasteiger charge is -1.99. The third-order valence-corrected chi connectivity index (χ3v) is 3.11. The molecule has 0 bridgehead atoms. The van der Waals surface area contributed by atoms with Crippen molar-refractivity contribution in [3.63, 3.8) is 0 Å². The van der Waals surface area contributed by atoms with Crippen LogP contribution in [-0.2, 0) is 6.54 Å². The van der Waals surface area contributed by atoms with E-state index < -0.39 is 5.97 Å². The summed E-state index contributed by atoms with van der Waals surface area (Å²) >= 11 is 7.24. The SMILES string of the molecule is O=C(O)c1ccc(NCc2ccc(Cl)s2)o1. The first-order valence-electron chi connectivity index (χ1n) is 4.46. The highest BCUT2D eigenvalue weighted by Crippen LogP contribution is 2.22. The van der Waals surface area contributed by atoms with Crippen LogP contribution in [0.4, 0.5) is 5.88 Å². The van der Waals surface area contributed by atoms with E-state index in [1.165, 1.54) is 17.4 Å². The molecule has 16 heavy (non-hydrogen) atoms. The van der Waals surface area contributed by atoms with Crippen molar-refractivity contribution in [2.45, 2.75) is 6.54 Å². The Hall–Kier alpha value is -1.46. The molecule has 0 aliphatic rings. The fraction of sp³-hybridized carbons (Fsp3) is 0.100. The Balaban J connectivity index is 1.97. The van der Waals surface area contributed by atoms with Crippen LogP contribution >= 0.6 is 22.9 Å². The van der Waals surface area contributed by atoms with E-state index in [1.807, 2.05) is 12.1 Å². The molecule has 2 aromatic heterocycles. The van der Waals surface area contributed by atoms with E-state index in [4.69, 9.17) is 21.1 Å². The summed E-state index contributed by atoms with van der Waals surface area (Å²) in [6.07, 6.45) is 0. The van der Waals surface area contributed by atoms with Crippen molar-refractivity contribution < 1.29 is 14.3 Å². The number of carboxylic acids is 1. The number of hydrogen-bond donors (Lipinski definition) is 2. The molecule has 0 saturated carbocycles. The smallest absolute Gasteiger partial charge is 0.371 e. The maximum Gasteiger partial charge on any atom is 0.371 e. The molecule has 0 atom stereocenters. The number of carbonyl (C=O) groups is 1. The molecule has 84 valence electrons. The van der Waals surface area contributed by atoms with E-state index in [1.54, 1.807) is 6.07 Å². The minimum atomic E-state index is -1.08. The molecule has 2 heterocycles. The first kappa shape index (κ1) is 11.0. The van der Waals surface area contributed by atoms with Gasteiger partial charge in [-0.15, -0.1) is 11.3 Å². The Morgan fingerprint density at radius 2 is 2.25 bits per heavy atom. The van der Waals surface area contributed by atoms with Gasteiger partial charge in [0.15, 0.2) is 5.88 Å². The second kappa shape index (κ2) is 4.59. The van der Waals surface area contributed by atoms with Crippen molar-refractivity contribution in [1.82, 2.24) is 0 Å². The van der Waals surface area contributed by atoms with E-state index in [0.29, 0.717) is 12.4 Å². The summed E-state index contributed by atoms with van der Waals surface area (Å²) in [6.45, 7) is 0.559.